The molecule has 0 radical (unpaired) electrons. The van der Waals surface area contributed by atoms with Crippen molar-refractivity contribution in [1.82, 2.24) is 15.5 Å². The summed E-state index contributed by atoms with van der Waals surface area (Å²) in [5, 5.41) is 14.1. The molecule has 0 aliphatic heterocycles. The van der Waals surface area contributed by atoms with Gasteiger partial charge in [-0.05, 0) is 33.1 Å². The van der Waals surface area contributed by atoms with Gasteiger partial charge in [-0.25, -0.2) is 4.79 Å². The van der Waals surface area contributed by atoms with Crippen molar-refractivity contribution < 1.29 is 29.0 Å². The van der Waals surface area contributed by atoms with Crippen LogP contribution < -0.4 is 10.6 Å². The highest BCUT2D eigenvalue weighted by Crippen LogP contribution is 2.17. The van der Waals surface area contributed by atoms with Gasteiger partial charge >= 0.3 is 12.1 Å². The zero-order valence-electron chi connectivity index (χ0n) is 25.6. The Bertz CT molecular complexity index is 705. The lowest BCUT2D eigenvalue weighted by Gasteiger charge is -2.34. The quantitative estimate of drug-likeness (QED) is 0.140. The van der Waals surface area contributed by atoms with Crippen LogP contribution in [0.2, 0.25) is 0 Å². The number of rotatable bonds is 22. The zero-order valence-corrected chi connectivity index (χ0v) is 25.6. The van der Waals surface area contributed by atoms with Gasteiger partial charge in [0.2, 0.25) is 11.8 Å². The summed E-state index contributed by atoms with van der Waals surface area (Å²) in [6, 6.07) is -0.933. The van der Waals surface area contributed by atoms with E-state index in [9.17, 15) is 19.2 Å². The minimum Gasteiger partial charge on any atom is -0.480 e. The van der Waals surface area contributed by atoms with Crippen LogP contribution in [-0.2, 0) is 19.1 Å². The van der Waals surface area contributed by atoms with E-state index in [-0.39, 0.29) is 24.9 Å². The third-order valence-corrected chi connectivity index (χ3v) is 6.46. The number of nitrogens with one attached hydrogen (secondary N) is 2. The minimum absolute atomic E-state index is 0.0720. The van der Waals surface area contributed by atoms with Gasteiger partial charge in [-0.1, -0.05) is 97.8 Å². The SMILES string of the molecule is CCCCCCCCCCCCCCCC(=O)NCCN(C(=O)OC(C)(C)C)[C@H](C(=O)NCC(=O)O)C(C)C. The Morgan fingerprint density at radius 2 is 1.28 bits per heavy atom. The monoisotopic (exact) mass is 555 g/mol. The van der Waals surface area contributed by atoms with Crippen molar-refractivity contribution in [1.29, 1.82) is 0 Å². The molecule has 0 fully saturated rings. The van der Waals surface area contributed by atoms with Gasteiger partial charge in [-0.2, -0.15) is 0 Å². The summed E-state index contributed by atoms with van der Waals surface area (Å²) in [6.07, 6.45) is 15.9. The van der Waals surface area contributed by atoms with E-state index in [1.165, 1.54) is 69.1 Å². The summed E-state index contributed by atoms with van der Waals surface area (Å²) < 4.78 is 5.50. The Balaban J connectivity index is 4.44. The number of nitrogens with zero attached hydrogens (tertiary/aromatic N) is 1. The zero-order chi connectivity index (χ0) is 29.7. The maximum Gasteiger partial charge on any atom is 0.411 e. The molecule has 0 spiro atoms. The van der Waals surface area contributed by atoms with Gasteiger partial charge in [0.05, 0.1) is 0 Å². The smallest absolute Gasteiger partial charge is 0.411 e. The van der Waals surface area contributed by atoms with Crippen molar-refractivity contribution in [2.75, 3.05) is 19.6 Å². The molecule has 0 saturated carbocycles. The topological polar surface area (TPSA) is 125 Å². The lowest BCUT2D eigenvalue weighted by atomic mass is 10.0. The first kappa shape index (κ1) is 36.7. The fraction of sp³-hybridized carbons (Fsp3) is 0.867. The highest BCUT2D eigenvalue weighted by Gasteiger charge is 2.35. The van der Waals surface area contributed by atoms with Crippen LogP contribution in [-0.4, -0.2) is 65.2 Å². The first-order chi connectivity index (χ1) is 18.4. The molecular weight excluding hydrogens is 498 g/mol. The normalized spacial score (nSPS) is 12.2. The van der Waals surface area contributed by atoms with Gasteiger partial charge in [-0.15, -0.1) is 0 Å². The fourth-order valence-corrected chi connectivity index (χ4v) is 4.44. The van der Waals surface area contributed by atoms with Crippen molar-refractivity contribution in [3.63, 3.8) is 0 Å². The summed E-state index contributed by atoms with van der Waals surface area (Å²) in [4.78, 5) is 50.2. The van der Waals surface area contributed by atoms with Crippen molar-refractivity contribution >= 4 is 23.9 Å². The molecule has 9 heteroatoms. The maximum atomic E-state index is 12.9. The molecule has 0 heterocycles. The summed E-state index contributed by atoms with van der Waals surface area (Å²) in [6.45, 7) is 10.7. The first-order valence-electron chi connectivity index (χ1n) is 15.1. The highest BCUT2D eigenvalue weighted by molar-refractivity contribution is 5.88. The van der Waals surface area contributed by atoms with Crippen LogP contribution in [0.5, 0.6) is 0 Å². The second-order valence-electron chi connectivity index (χ2n) is 11.8. The fourth-order valence-electron chi connectivity index (χ4n) is 4.44. The minimum atomic E-state index is -1.17. The Hall–Kier alpha value is -2.32. The highest BCUT2D eigenvalue weighted by atomic mass is 16.6. The van der Waals surface area contributed by atoms with E-state index in [0.717, 1.165) is 19.3 Å². The summed E-state index contributed by atoms with van der Waals surface area (Å²) in [7, 11) is 0. The summed E-state index contributed by atoms with van der Waals surface area (Å²) in [5.74, 6) is -2.13. The average Bonchev–Trinajstić information content (AvgIpc) is 2.83. The largest absolute Gasteiger partial charge is 0.480 e. The van der Waals surface area contributed by atoms with Crippen LogP contribution in [0, 0.1) is 5.92 Å². The number of ether oxygens (including phenoxy) is 1. The van der Waals surface area contributed by atoms with Gasteiger partial charge in [0, 0.05) is 19.5 Å². The first-order valence-corrected chi connectivity index (χ1v) is 15.1. The Kier molecular flexibility index (Phi) is 20.2. The van der Waals surface area contributed by atoms with Crippen molar-refractivity contribution in [3.05, 3.63) is 0 Å². The molecule has 39 heavy (non-hydrogen) atoms. The van der Waals surface area contributed by atoms with E-state index in [4.69, 9.17) is 9.84 Å². The standard InChI is InChI=1S/C30H57N3O6/c1-7-8-9-10-11-12-13-14-15-16-17-18-19-20-25(34)31-21-22-33(29(38)39-30(4,5)6)27(24(2)3)28(37)32-23-26(35)36/h24,27H,7-23H2,1-6H3,(H,31,34)(H,32,37)(H,35,36)/t27-/m0/s1. The van der Waals surface area contributed by atoms with E-state index in [0.29, 0.717) is 6.42 Å². The number of unbranched alkanes of at least 4 members (excludes halogenated alkanes) is 12. The molecule has 0 aromatic carbocycles. The van der Waals surface area contributed by atoms with Crippen LogP contribution in [0.1, 0.15) is 131 Å². The predicted molar refractivity (Wildman–Crippen MR) is 156 cm³/mol. The van der Waals surface area contributed by atoms with Crippen LogP contribution >= 0.6 is 0 Å². The number of carbonyl (C=O) groups excluding carboxylic acids is 3. The second kappa shape index (κ2) is 21.5. The number of hydrogen-bond donors (Lipinski definition) is 3. The molecule has 0 aliphatic carbocycles. The molecule has 0 saturated heterocycles. The van der Waals surface area contributed by atoms with Gasteiger partial charge in [0.1, 0.15) is 18.2 Å². The molecule has 1 atom stereocenters. The van der Waals surface area contributed by atoms with E-state index in [1.54, 1.807) is 34.6 Å². The average molecular weight is 556 g/mol. The van der Waals surface area contributed by atoms with E-state index in [1.807, 2.05) is 0 Å². The Morgan fingerprint density at radius 1 is 0.795 bits per heavy atom. The maximum absolute atomic E-state index is 12.9. The van der Waals surface area contributed by atoms with Gasteiger partial charge in [-0.3, -0.25) is 19.3 Å². The molecule has 0 aromatic rings. The van der Waals surface area contributed by atoms with Crippen molar-refractivity contribution in [3.8, 4) is 0 Å². The molecule has 0 rings (SSSR count). The van der Waals surface area contributed by atoms with Crippen LogP contribution in [0.4, 0.5) is 4.79 Å². The molecular formula is C30H57N3O6. The van der Waals surface area contributed by atoms with E-state index < -0.39 is 36.2 Å². The molecule has 0 unspecified atom stereocenters. The Labute approximate surface area is 237 Å². The molecule has 3 amide bonds. The third-order valence-electron chi connectivity index (χ3n) is 6.46. The van der Waals surface area contributed by atoms with Gasteiger partial charge in [0.15, 0.2) is 0 Å². The van der Waals surface area contributed by atoms with Crippen molar-refractivity contribution in [2.24, 2.45) is 5.92 Å². The number of aliphatic carboxylic acids is 1. The molecule has 0 aliphatic rings. The van der Waals surface area contributed by atoms with Crippen molar-refractivity contribution in [2.45, 2.75) is 143 Å². The molecule has 9 nitrogen and oxygen atoms in total. The van der Waals surface area contributed by atoms with Gasteiger partial charge in [0.25, 0.3) is 0 Å². The summed E-state index contributed by atoms with van der Waals surface area (Å²) >= 11 is 0. The van der Waals surface area contributed by atoms with Crippen LogP contribution in [0.15, 0.2) is 0 Å². The lowest BCUT2D eigenvalue weighted by Crippen LogP contribution is -2.55. The van der Waals surface area contributed by atoms with Gasteiger partial charge < -0.3 is 20.5 Å². The van der Waals surface area contributed by atoms with E-state index in [2.05, 4.69) is 17.6 Å². The van der Waals surface area contributed by atoms with Crippen LogP contribution in [0.3, 0.4) is 0 Å². The second-order valence-corrected chi connectivity index (χ2v) is 11.8. The molecule has 0 bridgehead atoms. The van der Waals surface area contributed by atoms with Crippen LogP contribution in [0.25, 0.3) is 0 Å². The predicted octanol–water partition coefficient (Wildman–Crippen LogP) is 6.05. The number of amides is 3. The number of carboxylic acid groups (broad SMARTS) is 1. The third kappa shape index (κ3) is 20.3. The number of hydrogen-bond acceptors (Lipinski definition) is 5. The van der Waals surface area contributed by atoms with E-state index >= 15 is 0 Å². The summed E-state index contributed by atoms with van der Waals surface area (Å²) in [5.41, 5.74) is -0.772. The Morgan fingerprint density at radius 3 is 1.72 bits per heavy atom. The lowest BCUT2D eigenvalue weighted by molar-refractivity contribution is -0.139. The molecule has 0 aromatic heterocycles. The number of carbonyl (C=O) groups is 4. The molecule has 228 valence electrons. The number of carboxylic acids is 1. The molecule has 3 N–H and O–H groups in total.